The zero-order valence-corrected chi connectivity index (χ0v) is 17.5. The molecule has 0 unspecified atom stereocenters. The Morgan fingerprint density at radius 1 is 1.32 bits per heavy atom. The summed E-state index contributed by atoms with van der Waals surface area (Å²) in [4.78, 5) is 13.4. The highest BCUT2D eigenvalue weighted by Crippen LogP contribution is 2.22. The Kier molecular flexibility index (Phi) is 8.23. The molecule has 2 rings (SSSR count). The summed E-state index contributed by atoms with van der Waals surface area (Å²) in [6.45, 7) is 1.66. The van der Waals surface area contributed by atoms with E-state index in [1.807, 2.05) is 6.07 Å². The molecule has 0 aromatic heterocycles. The van der Waals surface area contributed by atoms with Crippen molar-refractivity contribution in [1.29, 1.82) is 10.8 Å². The smallest absolute Gasteiger partial charge is 0.390 e. The predicted molar refractivity (Wildman–Crippen MR) is 116 cm³/mol. The molecule has 0 aliphatic carbocycles. The number of nitrogens with one attached hydrogen (secondary N) is 5. The predicted octanol–water partition coefficient (Wildman–Crippen LogP) is 3.33. The first-order valence-corrected chi connectivity index (χ1v) is 9.77. The van der Waals surface area contributed by atoms with Crippen LogP contribution in [-0.2, 0) is 4.79 Å². The summed E-state index contributed by atoms with van der Waals surface area (Å²) >= 11 is 0. The fraction of sp³-hybridized carbons (Fsp3) is 0.381. The van der Waals surface area contributed by atoms with E-state index in [-0.39, 0.29) is 24.8 Å². The van der Waals surface area contributed by atoms with Crippen LogP contribution in [0.15, 0.2) is 41.7 Å². The molecular weight excluding hydrogens is 409 g/mol. The van der Waals surface area contributed by atoms with Crippen molar-refractivity contribution in [2.75, 3.05) is 32.0 Å². The van der Waals surface area contributed by atoms with E-state index in [9.17, 15) is 18.0 Å². The summed E-state index contributed by atoms with van der Waals surface area (Å²) in [6.07, 6.45) is -2.02. The molecule has 7 nitrogen and oxygen atoms in total. The molecule has 0 radical (unpaired) electrons. The number of nitrogens with zero attached hydrogens (tertiary/aromatic N) is 1. The van der Waals surface area contributed by atoms with Gasteiger partial charge < -0.3 is 26.3 Å². The van der Waals surface area contributed by atoms with Gasteiger partial charge in [0.25, 0.3) is 0 Å². The highest BCUT2D eigenvalue weighted by Gasteiger charge is 2.28. The number of hydrogen-bond donors (Lipinski definition) is 5. The second kappa shape index (κ2) is 10.6. The molecule has 0 spiro atoms. The van der Waals surface area contributed by atoms with E-state index in [4.69, 9.17) is 10.8 Å². The monoisotopic (exact) mass is 436 g/mol. The molecule has 5 N–H and O–H groups in total. The molecule has 0 saturated heterocycles. The Labute approximate surface area is 179 Å². The molecule has 1 aromatic rings. The van der Waals surface area contributed by atoms with Gasteiger partial charge in [-0.1, -0.05) is 12.1 Å². The zero-order chi connectivity index (χ0) is 23.0. The molecule has 1 heterocycles. The largest absolute Gasteiger partial charge is 0.393 e. The van der Waals surface area contributed by atoms with E-state index < -0.39 is 12.6 Å². The van der Waals surface area contributed by atoms with Gasteiger partial charge in [0, 0.05) is 68.4 Å². The minimum atomic E-state index is -4.27. The van der Waals surface area contributed by atoms with Crippen molar-refractivity contribution in [1.82, 2.24) is 15.5 Å². The molecule has 1 aliphatic heterocycles. The number of alkyl halides is 3. The number of benzene rings is 1. The number of rotatable bonds is 8. The van der Waals surface area contributed by atoms with Gasteiger partial charge in [0.2, 0.25) is 5.91 Å². The number of amidine groups is 1. The second-order valence-electron chi connectivity index (χ2n) is 7.05. The van der Waals surface area contributed by atoms with Crippen molar-refractivity contribution in [2.45, 2.75) is 25.9 Å². The molecule has 10 heteroatoms. The average molecular weight is 436 g/mol. The van der Waals surface area contributed by atoms with E-state index in [0.717, 1.165) is 5.56 Å². The van der Waals surface area contributed by atoms with Crippen LogP contribution in [0.2, 0.25) is 0 Å². The van der Waals surface area contributed by atoms with E-state index in [2.05, 4.69) is 16.0 Å². The zero-order valence-electron chi connectivity index (χ0n) is 17.5. The SMILES string of the molecule is CN/C=C(\C=N)c1cccc(NC(=N)C2=C(NCCC(F)(F)F)CCN(C(C)=O)C2)c1. The lowest BCUT2D eigenvalue weighted by Crippen LogP contribution is -2.41. The maximum atomic E-state index is 12.5. The van der Waals surface area contributed by atoms with Gasteiger partial charge in [-0.2, -0.15) is 13.2 Å². The van der Waals surface area contributed by atoms with Crippen molar-refractivity contribution in [3.05, 3.63) is 47.3 Å². The first-order valence-electron chi connectivity index (χ1n) is 9.77. The van der Waals surface area contributed by atoms with Gasteiger partial charge in [-0.25, -0.2) is 0 Å². The lowest BCUT2D eigenvalue weighted by atomic mass is 10.0. The number of allylic oxidation sites excluding steroid dienone is 1. The Hall–Kier alpha value is -3.30. The second-order valence-corrected chi connectivity index (χ2v) is 7.05. The van der Waals surface area contributed by atoms with Crippen molar-refractivity contribution in [2.24, 2.45) is 0 Å². The maximum absolute atomic E-state index is 12.5. The highest BCUT2D eigenvalue weighted by atomic mass is 19.4. The van der Waals surface area contributed by atoms with Crippen LogP contribution in [0, 0.1) is 10.8 Å². The van der Waals surface area contributed by atoms with Crippen molar-refractivity contribution in [3.8, 4) is 0 Å². The molecular formula is C21H27F3N6O. The van der Waals surface area contributed by atoms with E-state index in [1.54, 1.807) is 36.3 Å². The third-order valence-electron chi connectivity index (χ3n) is 4.76. The minimum Gasteiger partial charge on any atom is -0.393 e. The minimum absolute atomic E-state index is 0.00612. The Morgan fingerprint density at radius 3 is 2.68 bits per heavy atom. The fourth-order valence-electron chi connectivity index (χ4n) is 3.17. The summed E-state index contributed by atoms with van der Waals surface area (Å²) in [5.74, 6) is -0.152. The number of anilines is 1. The van der Waals surface area contributed by atoms with Crippen LogP contribution < -0.4 is 16.0 Å². The number of amides is 1. The van der Waals surface area contributed by atoms with Gasteiger partial charge in [-0.05, 0) is 17.7 Å². The van der Waals surface area contributed by atoms with Crippen LogP contribution in [-0.4, -0.2) is 55.7 Å². The van der Waals surface area contributed by atoms with E-state index in [1.165, 1.54) is 13.1 Å². The van der Waals surface area contributed by atoms with Gasteiger partial charge in [-0.15, -0.1) is 0 Å². The maximum Gasteiger partial charge on any atom is 0.390 e. The van der Waals surface area contributed by atoms with Crippen LogP contribution in [0.5, 0.6) is 0 Å². The van der Waals surface area contributed by atoms with Crippen molar-refractivity contribution >= 4 is 29.2 Å². The molecule has 0 atom stereocenters. The molecule has 1 aliphatic rings. The molecule has 31 heavy (non-hydrogen) atoms. The Morgan fingerprint density at radius 2 is 2.06 bits per heavy atom. The molecule has 1 aromatic carbocycles. The summed E-state index contributed by atoms with van der Waals surface area (Å²) < 4.78 is 37.6. The summed E-state index contributed by atoms with van der Waals surface area (Å²) in [5.41, 5.74) is 2.98. The first kappa shape index (κ1) is 24.0. The number of carbonyl (C=O) groups is 1. The van der Waals surface area contributed by atoms with Crippen LogP contribution in [0.3, 0.4) is 0 Å². The quantitative estimate of drug-likeness (QED) is 0.319. The fourth-order valence-corrected chi connectivity index (χ4v) is 3.17. The van der Waals surface area contributed by atoms with Crippen LogP contribution in [0.4, 0.5) is 18.9 Å². The first-order chi connectivity index (χ1) is 14.6. The summed E-state index contributed by atoms with van der Waals surface area (Å²) in [7, 11) is 1.73. The van der Waals surface area contributed by atoms with Gasteiger partial charge in [0.1, 0.15) is 5.84 Å². The lowest BCUT2D eigenvalue weighted by molar-refractivity contribution is -0.133. The third kappa shape index (κ3) is 7.16. The third-order valence-corrected chi connectivity index (χ3v) is 4.76. The van der Waals surface area contributed by atoms with Crippen molar-refractivity contribution < 1.29 is 18.0 Å². The van der Waals surface area contributed by atoms with Gasteiger partial charge in [0.05, 0.1) is 13.0 Å². The molecule has 0 bridgehead atoms. The Balaban J connectivity index is 2.24. The lowest BCUT2D eigenvalue weighted by Gasteiger charge is -2.31. The van der Waals surface area contributed by atoms with Gasteiger partial charge in [-0.3, -0.25) is 10.2 Å². The number of carbonyl (C=O) groups excluding carboxylic acids is 1. The standard InChI is InChI=1S/C21H27F3N6O/c1-14(31)30-9-6-19(28-8-7-21(22,23)24)18(13-30)20(26)29-17-5-3-4-15(10-17)16(11-25)12-27-2/h3-5,10-12,25,27-28H,6-9,13H2,1-2H3,(H2,26,29)/b16-12+,25-11?. The van der Waals surface area contributed by atoms with Crippen molar-refractivity contribution in [3.63, 3.8) is 0 Å². The highest BCUT2D eigenvalue weighted by molar-refractivity contribution is 6.10. The normalized spacial score (nSPS) is 14.9. The molecule has 168 valence electrons. The van der Waals surface area contributed by atoms with E-state index >= 15 is 0 Å². The summed E-state index contributed by atoms with van der Waals surface area (Å²) in [6, 6.07) is 7.12. The molecule has 0 saturated carbocycles. The summed E-state index contributed by atoms with van der Waals surface area (Å²) in [5, 5.41) is 24.7. The molecule has 0 fully saturated rings. The van der Waals surface area contributed by atoms with Crippen LogP contribution >= 0.6 is 0 Å². The van der Waals surface area contributed by atoms with Crippen LogP contribution in [0.1, 0.15) is 25.3 Å². The Bertz CT molecular complexity index is 891. The number of hydrogen-bond acceptors (Lipinski definition) is 5. The van der Waals surface area contributed by atoms with Gasteiger partial charge >= 0.3 is 6.18 Å². The van der Waals surface area contributed by atoms with E-state index in [0.29, 0.717) is 35.5 Å². The van der Waals surface area contributed by atoms with Gasteiger partial charge in [0.15, 0.2) is 0 Å². The average Bonchev–Trinajstić information content (AvgIpc) is 2.71. The molecule has 1 amide bonds. The topological polar surface area (TPSA) is 104 Å². The number of halogens is 3. The van der Waals surface area contributed by atoms with Crippen LogP contribution in [0.25, 0.3) is 5.57 Å².